The highest BCUT2D eigenvalue weighted by Gasteiger charge is 2.25. The highest BCUT2D eigenvalue weighted by molar-refractivity contribution is 6.25. The van der Waals surface area contributed by atoms with Gasteiger partial charge in [0.05, 0.1) is 5.70 Å². The summed E-state index contributed by atoms with van der Waals surface area (Å²) in [6.07, 6.45) is 1.25. The van der Waals surface area contributed by atoms with Crippen LogP contribution in [0.2, 0.25) is 0 Å². The third kappa shape index (κ3) is 2.12. The number of carbonyl (C=O) groups is 2. The lowest BCUT2D eigenvalue weighted by Gasteiger charge is -2.16. The van der Waals surface area contributed by atoms with Gasteiger partial charge in [0.1, 0.15) is 5.82 Å². The summed E-state index contributed by atoms with van der Waals surface area (Å²) < 4.78 is 13.1. The predicted molar refractivity (Wildman–Crippen MR) is 73.2 cm³/mol. The van der Waals surface area contributed by atoms with Gasteiger partial charge in [-0.2, -0.15) is 0 Å². The molecule has 2 aromatic carbocycles. The van der Waals surface area contributed by atoms with Crippen LogP contribution in [0.5, 0.6) is 0 Å². The van der Waals surface area contributed by atoms with Crippen molar-refractivity contribution in [3.8, 4) is 0 Å². The molecule has 0 saturated carbocycles. The van der Waals surface area contributed by atoms with Crippen molar-refractivity contribution < 1.29 is 14.0 Å². The van der Waals surface area contributed by atoms with Crippen molar-refractivity contribution in [3.63, 3.8) is 0 Å². The topological polar surface area (TPSA) is 46.2 Å². The molecule has 0 fully saturated rings. The molecule has 4 heteroatoms. The van der Waals surface area contributed by atoms with E-state index >= 15 is 0 Å². The van der Waals surface area contributed by atoms with Gasteiger partial charge in [-0.3, -0.25) is 9.59 Å². The van der Waals surface area contributed by atoms with Crippen LogP contribution in [0.1, 0.15) is 20.7 Å². The number of benzene rings is 2. The Morgan fingerprint density at radius 3 is 2.40 bits per heavy atom. The van der Waals surface area contributed by atoms with E-state index in [1.165, 1.54) is 24.3 Å². The lowest BCUT2D eigenvalue weighted by Crippen LogP contribution is -2.21. The Kier molecular flexibility index (Phi) is 2.91. The predicted octanol–water partition coefficient (Wildman–Crippen LogP) is 3.20. The van der Waals surface area contributed by atoms with E-state index in [-0.39, 0.29) is 17.3 Å². The second kappa shape index (κ2) is 4.74. The molecule has 98 valence electrons. The maximum Gasteiger partial charge on any atom is 0.210 e. The lowest BCUT2D eigenvalue weighted by atomic mass is 9.92. The molecule has 0 spiro atoms. The van der Waals surface area contributed by atoms with Crippen LogP contribution >= 0.6 is 0 Å². The molecule has 0 atom stereocenters. The van der Waals surface area contributed by atoms with Gasteiger partial charge in [-0.25, -0.2) is 4.39 Å². The van der Waals surface area contributed by atoms with Crippen LogP contribution in [0.15, 0.2) is 60.3 Å². The van der Waals surface area contributed by atoms with Crippen molar-refractivity contribution in [2.75, 3.05) is 5.32 Å². The fourth-order valence-corrected chi connectivity index (χ4v) is 2.13. The maximum atomic E-state index is 13.1. The summed E-state index contributed by atoms with van der Waals surface area (Å²) in [6.45, 7) is 0. The first kappa shape index (κ1) is 12.3. The molecular weight excluding hydrogens is 257 g/mol. The summed E-state index contributed by atoms with van der Waals surface area (Å²) in [5.74, 6) is -0.922. The number of ketones is 2. The summed E-state index contributed by atoms with van der Waals surface area (Å²) >= 11 is 0. The number of carbonyl (C=O) groups excluding carboxylic acids is 2. The SMILES string of the molecule is O=C1C=C(Nc2cccc(F)c2)C(=O)c2ccccc21. The summed E-state index contributed by atoms with van der Waals surface area (Å²) in [6, 6.07) is 12.4. The van der Waals surface area contributed by atoms with Gasteiger partial charge < -0.3 is 5.32 Å². The van der Waals surface area contributed by atoms with Gasteiger partial charge >= 0.3 is 0 Å². The average molecular weight is 267 g/mol. The Hall–Kier alpha value is -2.75. The molecule has 0 aromatic heterocycles. The van der Waals surface area contributed by atoms with Crippen molar-refractivity contribution in [1.82, 2.24) is 0 Å². The fraction of sp³-hybridized carbons (Fsp3) is 0. The standard InChI is InChI=1S/C16H10FNO2/c17-10-4-3-5-11(8-10)18-14-9-15(19)12-6-1-2-7-13(12)16(14)20/h1-9,18H. The van der Waals surface area contributed by atoms with Crippen LogP contribution in [0.3, 0.4) is 0 Å². The first-order valence-corrected chi connectivity index (χ1v) is 6.07. The van der Waals surface area contributed by atoms with Crippen molar-refractivity contribution in [2.24, 2.45) is 0 Å². The third-order valence-corrected chi connectivity index (χ3v) is 3.06. The van der Waals surface area contributed by atoms with Crippen molar-refractivity contribution in [3.05, 3.63) is 77.2 Å². The van der Waals surface area contributed by atoms with Gasteiger partial charge in [-0.1, -0.05) is 30.3 Å². The Morgan fingerprint density at radius 2 is 1.65 bits per heavy atom. The van der Waals surface area contributed by atoms with Crippen LogP contribution in [0, 0.1) is 5.82 Å². The number of nitrogens with one attached hydrogen (secondary N) is 1. The molecule has 1 aliphatic rings. The molecule has 3 rings (SSSR count). The number of fused-ring (bicyclic) bond motifs is 1. The third-order valence-electron chi connectivity index (χ3n) is 3.06. The number of hydrogen-bond donors (Lipinski definition) is 1. The molecule has 1 N–H and O–H groups in total. The van der Waals surface area contributed by atoms with Gasteiger partial charge in [0, 0.05) is 22.9 Å². The van der Waals surface area contributed by atoms with E-state index in [0.717, 1.165) is 0 Å². The van der Waals surface area contributed by atoms with Crippen molar-refractivity contribution in [1.29, 1.82) is 0 Å². The molecule has 0 amide bonds. The molecular formula is C16H10FNO2. The average Bonchev–Trinajstić information content (AvgIpc) is 2.45. The zero-order chi connectivity index (χ0) is 14.1. The van der Waals surface area contributed by atoms with Crippen LogP contribution < -0.4 is 5.32 Å². The van der Waals surface area contributed by atoms with Crippen LogP contribution in [-0.2, 0) is 0 Å². The molecule has 0 bridgehead atoms. The van der Waals surface area contributed by atoms with E-state index in [4.69, 9.17) is 0 Å². The highest BCUT2D eigenvalue weighted by atomic mass is 19.1. The van der Waals surface area contributed by atoms with Gasteiger partial charge in [-0.15, -0.1) is 0 Å². The molecule has 0 heterocycles. The number of allylic oxidation sites excluding steroid dienone is 2. The van der Waals surface area contributed by atoms with E-state index < -0.39 is 5.82 Å². The van der Waals surface area contributed by atoms with Crippen molar-refractivity contribution in [2.45, 2.75) is 0 Å². The quantitative estimate of drug-likeness (QED) is 0.908. The molecule has 20 heavy (non-hydrogen) atoms. The molecule has 0 saturated heterocycles. The number of rotatable bonds is 2. The van der Waals surface area contributed by atoms with E-state index in [2.05, 4.69) is 5.32 Å². The molecule has 0 aliphatic heterocycles. The van der Waals surface area contributed by atoms with Crippen molar-refractivity contribution >= 4 is 17.3 Å². The zero-order valence-electron chi connectivity index (χ0n) is 10.4. The Balaban J connectivity index is 1.96. The first-order chi connectivity index (χ1) is 9.65. The first-order valence-electron chi connectivity index (χ1n) is 6.07. The van der Waals surface area contributed by atoms with Gasteiger partial charge in [0.25, 0.3) is 0 Å². The van der Waals surface area contributed by atoms with Crippen LogP contribution in [0.25, 0.3) is 0 Å². The van der Waals surface area contributed by atoms with Crippen LogP contribution in [-0.4, -0.2) is 11.6 Å². The highest BCUT2D eigenvalue weighted by Crippen LogP contribution is 2.22. The van der Waals surface area contributed by atoms with Crippen LogP contribution in [0.4, 0.5) is 10.1 Å². The molecule has 3 nitrogen and oxygen atoms in total. The monoisotopic (exact) mass is 267 g/mol. The van der Waals surface area contributed by atoms with Gasteiger partial charge in [0.15, 0.2) is 5.78 Å². The molecule has 0 radical (unpaired) electrons. The fourth-order valence-electron chi connectivity index (χ4n) is 2.13. The second-order valence-electron chi connectivity index (χ2n) is 4.43. The largest absolute Gasteiger partial charge is 0.352 e. The van der Waals surface area contributed by atoms with E-state index in [1.54, 1.807) is 30.3 Å². The number of Topliss-reactive ketones (excluding diaryl/α,β-unsaturated/α-hetero) is 1. The maximum absolute atomic E-state index is 13.1. The lowest BCUT2D eigenvalue weighted by molar-refractivity contribution is 0.0985. The molecule has 0 unspecified atom stereocenters. The summed E-state index contributed by atoms with van der Waals surface area (Å²) in [7, 11) is 0. The molecule has 1 aliphatic carbocycles. The number of anilines is 1. The Labute approximate surface area is 114 Å². The number of halogens is 1. The summed E-state index contributed by atoms with van der Waals surface area (Å²) in [5.41, 5.74) is 1.33. The summed E-state index contributed by atoms with van der Waals surface area (Å²) in [5, 5.41) is 2.79. The Bertz CT molecular complexity index is 750. The number of hydrogen-bond acceptors (Lipinski definition) is 3. The Morgan fingerprint density at radius 1 is 0.900 bits per heavy atom. The van der Waals surface area contributed by atoms with E-state index in [9.17, 15) is 14.0 Å². The zero-order valence-corrected chi connectivity index (χ0v) is 10.4. The van der Waals surface area contributed by atoms with E-state index in [1.807, 2.05) is 0 Å². The normalized spacial score (nSPS) is 13.8. The van der Waals surface area contributed by atoms with E-state index in [0.29, 0.717) is 16.8 Å². The minimum Gasteiger partial charge on any atom is -0.352 e. The van der Waals surface area contributed by atoms with Gasteiger partial charge in [0.2, 0.25) is 5.78 Å². The smallest absolute Gasteiger partial charge is 0.210 e. The minimum absolute atomic E-state index is 0.152. The summed E-state index contributed by atoms with van der Waals surface area (Å²) in [4.78, 5) is 24.2. The molecule has 2 aromatic rings. The second-order valence-corrected chi connectivity index (χ2v) is 4.43. The minimum atomic E-state index is -0.411. The van der Waals surface area contributed by atoms with Gasteiger partial charge in [-0.05, 0) is 18.2 Å².